The number of anilines is 1. The molecule has 0 bridgehead atoms. The highest BCUT2D eigenvalue weighted by atomic mass is 16.4. The minimum Gasteiger partial charge on any atom is -0.421 e. The third-order valence-electron chi connectivity index (χ3n) is 3.92. The molecule has 0 amide bonds. The summed E-state index contributed by atoms with van der Waals surface area (Å²) in [7, 11) is 0. The first-order valence-corrected chi connectivity index (χ1v) is 7.99. The van der Waals surface area contributed by atoms with Gasteiger partial charge in [0, 0.05) is 30.6 Å². The zero-order valence-corrected chi connectivity index (χ0v) is 13.7. The Morgan fingerprint density at radius 3 is 2.72 bits per heavy atom. The van der Waals surface area contributed by atoms with Gasteiger partial charge in [-0.05, 0) is 29.3 Å². The van der Waals surface area contributed by atoms with Gasteiger partial charge in [-0.2, -0.15) is 0 Å². The van der Waals surface area contributed by atoms with Crippen LogP contribution in [-0.2, 0) is 0 Å². The number of benzene rings is 1. The van der Waals surface area contributed by atoms with Crippen molar-refractivity contribution in [1.29, 1.82) is 0 Å². The number of fused-ring (bicyclic) bond motifs is 1. The molecule has 0 aliphatic heterocycles. The number of nitrogens with zero attached hydrogens (tertiary/aromatic N) is 3. The lowest BCUT2D eigenvalue weighted by Crippen LogP contribution is -2.07. The maximum Gasteiger partial charge on any atom is 0.248 e. The van der Waals surface area contributed by atoms with Gasteiger partial charge < -0.3 is 19.8 Å². The van der Waals surface area contributed by atoms with Gasteiger partial charge in [0.15, 0.2) is 0 Å². The molecule has 0 saturated carbocycles. The smallest absolute Gasteiger partial charge is 0.248 e. The number of H-pyrrole nitrogens is 1. The molecule has 0 fully saturated rings. The third-order valence-corrected chi connectivity index (χ3v) is 3.92. The maximum absolute atomic E-state index is 9.06. The van der Waals surface area contributed by atoms with Crippen molar-refractivity contribution in [3.63, 3.8) is 0 Å². The normalized spacial score (nSPS) is 11.1. The van der Waals surface area contributed by atoms with Gasteiger partial charge in [-0.25, -0.2) is 4.98 Å². The van der Waals surface area contributed by atoms with E-state index >= 15 is 0 Å². The second-order valence-electron chi connectivity index (χ2n) is 5.62. The molecular weight excluding hydrogens is 318 g/mol. The fraction of sp³-hybridized carbons (Fsp3) is 0.167. The minimum atomic E-state index is 0.0393. The first-order valence-electron chi connectivity index (χ1n) is 7.99. The lowest BCUT2D eigenvalue weighted by atomic mass is 9.98. The predicted octanol–water partition coefficient (Wildman–Crippen LogP) is 2.99. The Balaban J connectivity index is 1.91. The quantitative estimate of drug-likeness (QED) is 0.518. The summed E-state index contributed by atoms with van der Waals surface area (Å²) in [6, 6.07) is 11.9. The van der Waals surface area contributed by atoms with E-state index in [2.05, 4.69) is 25.5 Å². The average molecular weight is 335 g/mol. The second-order valence-corrected chi connectivity index (χ2v) is 5.62. The van der Waals surface area contributed by atoms with Crippen molar-refractivity contribution in [1.82, 2.24) is 20.2 Å². The summed E-state index contributed by atoms with van der Waals surface area (Å²) in [6.07, 6.45) is 1.86. The van der Waals surface area contributed by atoms with Crippen LogP contribution in [0.3, 0.4) is 0 Å². The van der Waals surface area contributed by atoms with E-state index in [1.807, 2.05) is 42.6 Å². The fourth-order valence-electron chi connectivity index (χ4n) is 2.84. The highest BCUT2D eigenvalue weighted by Crippen LogP contribution is 2.36. The number of aliphatic hydroxyl groups is 1. The monoisotopic (exact) mass is 335 g/mol. The summed E-state index contributed by atoms with van der Waals surface area (Å²) < 4.78 is 5.63. The first kappa shape index (κ1) is 15.3. The molecule has 3 aromatic heterocycles. The van der Waals surface area contributed by atoms with Crippen LogP contribution >= 0.6 is 0 Å². The van der Waals surface area contributed by atoms with Crippen LogP contribution in [0.2, 0.25) is 0 Å². The van der Waals surface area contributed by atoms with E-state index in [0.29, 0.717) is 24.1 Å². The van der Waals surface area contributed by atoms with E-state index in [-0.39, 0.29) is 6.61 Å². The topological polar surface area (TPSA) is 99.9 Å². The van der Waals surface area contributed by atoms with Crippen molar-refractivity contribution in [2.45, 2.75) is 6.92 Å². The van der Waals surface area contributed by atoms with Gasteiger partial charge >= 0.3 is 0 Å². The molecule has 0 radical (unpaired) electrons. The molecule has 0 aliphatic rings. The van der Waals surface area contributed by atoms with Gasteiger partial charge in [0.05, 0.1) is 6.61 Å². The molecule has 1 aromatic carbocycles. The molecular formula is C18H17N5O2. The third kappa shape index (κ3) is 2.85. The van der Waals surface area contributed by atoms with Crippen molar-refractivity contribution in [3.8, 4) is 22.6 Å². The number of aryl methyl sites for hydroxylation is 1. The highest BCUT2D eigenvalue weighted by Gasteiger charge is 2.16. The van der Waals surface area contributed by atoms with Gasteiger partial charge in [-0.15, -0.1) is 10.2 Å². The average Bonchev–Trinajstić information content (AvgIpc) is 3.28. The minimum absolute atomic E-state index is 0.0393. The zero-order valence-electron chi connectivity index (χ0n) is 13.7. The zero-order chi connectivity index (χ0) is 17.2. The Bertz CT molecular complexity index is 1020. The van der Waals surface area contributed by atoms with Crippen molar-refractivity contribution >= 4 is 16.9 Å². The standard InChI is InChI=1S/C18H17N5O2/c1-11-22-23-18(25-11)14-5-3-2-4-12(14)15-10-16(19-8-9-24)21-17-13(15)6-7-20-17/h2-7,10,24H,8-9H2,1H3,(H2,19,20,21). The second kappa shape index (κ2) is 6.37. The molecule has 25 heavy (non-hydrogen) atoms. The van der Waals surface area contributed by atoms with Crippen LogP contribution in [0.1, 0.15) is 5.89 Å². The molecule has 0 unspecified atom stereocenters. The summed E-state index contributed by atoms with van der Waals surface area (Å²) in [4.78, 5) is 7.68. The lowest BCUT2D eigenvalue weighted by molar-refractivity contribution is 0.311. The van der Waals surface area contributed by atoms with Crippen molar-refractivity contribution < 1.29 is 9.52 Å². The molecule has 0 aliphatic carbocycles. The van der Waals surface area contributed by atoms with E-state index in [0.717, 1.165) is 27.7 Å². The number of aromatic amines is 1. The van der Waals surface area contributed by atoms with E-state index in [4.69, 9.17) is 9.52 Å². The SMILES string of the molecule is Cc1nnc(-c2ccccc2-c2cc(NCCO)nc3[nH]ccc23)o1. The van der Waals surface area contributed by atoms with E-state index in [9.17, 15) is 0 Å². The molecule has 0 spiro atoms. The van der Waals surface area contributed by atoms with Crippen LogP contribution in [0.4, 0.5) is 5.82 Å². The number of nitrogens with one attached hydrogen (secondary N) is 2. The molecule has 7 heteroatoms. The highest BCUT2D eigenvalue weighted by molar-refractivity contribution is 5.98. The molecule has 3 N–H and O–H groups in total. The van der Waals surface area contributed by atoms with Gasteiger partial charge in [-0.3, -0.25) is 0 Å². The number of rotatable bonds is 5. The van der Waals surface area contributed by atoms with Gasteiger partial charge in [-0.1, -0.05) is 18.2 Å². The van der Waals surface area contributed by atoms with E-state index in [1.165, 1.54) is 0 Å². The van der Waals surface area contributed by atoms with Crippen molar-refractivity contribution in [2.75, 3.05) is 18.5 Å². The Morgan fingerprint density at radius 1 is 1.12 bits per heavy atom. The van der Waals surface area contributed by atoms with Crippen molar-refractivity contribution in [2.24, 2.45) is 0 Å². The van der Waals surface area contributed by atoms with Crippen LogP contribution in [0.5, 0.6) is 0 Å². The Morgan fingerprint density at radius 2 is 1.96 bits per heavy atom. The molecule has 7 nitrogen and oxygen atoms in total. The van der Waals surface area contributed by atoms with Gasteiger partial charge in [0.25, 0.3) is 0 Å². The molecule has 126 valence electrons. The predicted molar refractivity (Wildman–Crippen MR) is 95.1 cm³/mol. The summed E-state index contributed by atoms with van der Waals surface area (Å²) in [5.74, 6) is 1.70. The van der Waals surface area contributed by atoms with E-state index < -0.39 is 0 Å². The Kier molecular flexibility index (Phi) is 3.91. The lowest BCUT2D eigenvalue weighted by Gasteiger charge is -2.11. The maximum atomic E-state index is 9.06. The largest absolute Gasteiger partial charge is 0.421 e. The molecule has 4 aromatic rings. The Labute approximate surface area is 143 Å². The number of pyridine rings is 1. The fourth-order valence-corrected chi connectivity index (χ4v) is 2.84. The van der Waals surface area contributed by atoms with Crippen LogP contribution < -0.4 is 5.32 Å². The number of hydrogen-bond donors (Lipinski definition) is 3. The summed E-state index contributed by atoms with van der Waals surface area (Å²) in [5, 5.41) is 21.3. The summed E-state index contributed by atoms with van der Waals surface area (Å²) in [6.45, 7) is 2.24. The van der Waals surface area contributed by atoms with Crippen LogP contribution in [0, 0.1) is 6.92 Å². The van der Waals surface area contributed by atoms with Crippen LogP contribution in [0.25, 0.3) is 33.6 Å². The van der Waals surface area contributed by atoms with E-state index in [1.54, 1.807) is 6.92 Å². The molecule has 4 rings (SSSR count). The number of aliphatic hydroxyl groups excluding tert-OH is 1. The Hall–Kier alpha value is -3.19. The number of hydrogen-bond acceptors (Lipinski definition) is 6. The first-order chi connectivity index (χ1) is 12.3. The molecule has 0 atom stereocenters. The van der Waals surface area contributed by atoms with Gasteiger partial charge in [0.2, 0.25) is 11.8 Å². The van der Waals surface area contributed by atoms with Gasteiger partial charge in [0.1, 0.15) is 11.5 Å². The summed E-state index contributed by atoms with van der Waals surface area (Å²) >= 11 is 0. The van der Waals surface area contributed by atoms with Crippen LogP contribution in [-0.4, -0.2) is 38.4 Å². The molecule has 0 saturated heterocycles. The number of aromatic nitrogens is 4. The van der Waals surface area contributed by atoms with Crippen LogP contribution in [0.15, 0.2) is 47.0 Å². The van der Waals surface area contributed by atoms with Crippen molar-refractivity contribution in [3.05, 3.63) is 48.5 Å². The molecule has 3 heterocycles. The summed E-state index contributed by atoms with van der Waals surface area (Å²) in [5.41, 5.74) is 3.61.